The van der Waals surface area contributed by atoms with E-state index >= 15 is 0 Å². The van der Waals surface area contributed by atoms with Crippen molar-refractivity contribution in [2.75, 3.05) is 0 Å². The number of amides is 2. The summed E-state index contributed by atoms with van der Waals surface area (Å²) in [6, 6.07) is -2.54. The Labute approximate surface area is 83.8 Å². The Bertz CT molecular complexity index is 203. The first-order valence-electron chi connectivity index (χ1n) is 2.94. The summed E-state index contributed by atoms with van der Waals surface area (Å²) in [7, 11) is 0. The molecule has 0 heterocycles. The van der Waals surface area contributed by atoms with Gasteiger partial charge in [-0.1, -0.05) is 0 Å². The van der Waals surface area contributed by atoms with E-state index in [1.165, 1.54) is 0 Å². The molecule has 0 aromatic heterocycles. The van der Waals surface area contributed by atoms with Crippen molar-refractivity contribution in [3.05, 3.63) is 0 Å². The summed E-state index contributed by atoms with van der Waals surface area (Å²) in [5, 5.41) is 18.3. The number of rotatable bonds is 4. The number of primary amides is 1. The average Bonchev–Trinajstić information content (AvgIpc) is 1.83. The van der Waals surface area contributed by atoms with Crippen LogP contribution < -0.4 is 11.1 Å². The molecule has 0 aliphatic rings. The Hall–Kier alpha value is -1.27. The Kier molecular flexibility index (Phi) is 6.88. The standard InChI is InChI=1S/C5H8N2O5.Cu/c6-5(12)7-2(4(10)11)1-3(8)9;/h2H,1H2,(H,8,9)(H,10,11)(H3,6,7,12);/t2-;/m1./s1. The molecule has 0 aromatic rings. The predicted octanol–water partition coefficient (Wildman–Crippen LogP) is -1.42. The molecule has 0 fully saturated rings. The van der Waals surface area contributed by atoms with Crippen LogP contribution in [0.5, 0.6) is 0 Å². The van der Waals surface area contributed by atoms with Crippen molar-refractivity contribution >= 4 is 18.0 Å². The van der Waals surface area contributed by atoms with E-state index in [2.05, 4.69) is 5.73 Å². The van der Waals surface area contributed by atoms with Crippen LogP contribution >= 0.6 is 0 Å². The topological polar surface area (TPSA) is 130 Å². The summed E-state index contributed by atoms with van der Waals surface area (Å²) in [6.45, 7) is 0. The van der Waals surface area contributed by atoms with Crippen molar-refractivity contribution < 1.29 is 41.7 Å². The fraction of sp³-hybridized carbons (Fsp3) is 0.400. The molecule has 0 aliphatic carbocycles. The van der Waals surface area contributed by atoms with Crippen LogP contribution in [0, 0.1) is 0 Å². The zero-order valence-corrected chi connectivity index (χ0v) is 7.22. The minimum atomic E-state index is -1.47. The summed E-state index contributed by atoms with van der Waals surface area (Å²) in [5.41, 5.74) is 4.60. The number of aliphatic carboxylic acids is 2. The van der Waals surface area contributed by atoms with Crippen LogP contribution in [0.15, 0.2) is 0 Å². The summed E-state index contributed by atoms with van der Waals surface area (Å²) in [4.78, 5) is 30.4. The largest absolute Gasteiger partial charge is 0.481 e. The maximum Gasteiger partial charge on any atom is 0.326 e. The maximum absolute atomic E-state index is 10.2. The minimum absolute atomic E-state index is 0. The van der Waals surface area contributed by atoms with Crippen molar-refractivity contribution in [2.24, 2.45) is 5.73 Å². The number of carboxylic acid groups (broad SMARTS) is 2. The van der Waals surface area contributed by atoms with E-state index in [9.17, 15) is 14.4 Å². The average molecular weight is 240 g/mol. The summed E-state index contributed by atoms with van der Waals surface area (Å²) >= 11 is 0. The first-order valence-corrected chi connectivity index (χ1v) is 2.94. The molecule has 1 atom stereocenters. The number of hydrogen-bond acceptors (Lipinski definition) is 3. The number of carbonyl (C=O) groups excluding carboxylic acids is 1. The van der Waals surface area contributed by atoms with Gasteiger partial charge in [-0.05, 0) is 0 Å². The van der Waals surface area contributed by atoms with Gasteiger partial charge in [0.1, 0.15) is 6.04 Å². The second-order valence-corrected chi connectivity index (χ2v) is 2.00. The minimum Gasteiger partial charge on any atom is -0.481 e. The van der Waals surface area contributed by atoms with Gasteiger partial charge in [-0.2, -0.15) is 0 Å². The fourth-order valence-corrected chi connectivity index (χ4v) is 0.546. The molecule has 7 nitrogen and oxygen atoms in total. The first-order chi connectivity index (χ1) is 5.43. The first kappa shape index (κ1) is 14.3. The molecule has 13 heavy (non-hydrogen) atoms. The van der Waals surface area contributed by atoms with Gasteiger partial charge in [0.25, 0.3) is 0 Å². The van der Waals surface area contributed by atoms with Crippen molar-refractivity contribution in [1.82, 2.24) is 5.32 Å². The zero-order chi connectivity index (χ0) is 9.72. The van der Waals surface area contributed by atoms with Gasteiger partial charge in [-0.25, -0.2) is 9.59 Å². The third-order valence-electron chi connectivity index (χ3n) is 0.993. The maximum atomic E-state index is 10.2. The van der Waals surface area contributed by atoms with Gasteiger partial charge in [0.2, 0.25) is 0 Å². The molecule has 79 valence electrons. The second-order valence-electron chi connectivity index (χ2n) is 2.00. The van der Waals surface area contributed by atoms with E-state index in [-0.39, 0.29) is 17.1 Å². The molecule has 1 radical (unpaired) electrons. The molecule has 0 saturated carbocycles. The number of hydrogen-bond donors (Lipinski definition) is 4. The van der Waals surface area contributed by atoms with E-state index in [1.54, 1.807) is 5.32 Å². The molecule has 0 aromatic carbocycles. The van der Waals surface area contributed by atoms with Gasteiger partial charge in [0, 0.05) is 17.1 Å². The molecular formula is C5H8CuN2O5. The Balaban J connectivity index is 0. The zero-order valence-electron chi connectivity index (χ0n) is 6.28. The molecule has 5 N–H and O–H groups in total. The molecule has 0 saturated heterocycles. The third-order valence-corrected chi connectivity index (χ3v) is 0.993. The molecule has 8 heteroatoms. The number of carbonyl (C=O) groups is 3. The van der Waals surface area contributed by atoms with Crippen molar-refractivity contribution in [2.45, 2.75) is 12.5 Å². The van der Waals surface area contributed by atoms with Crippen LogP contribution in [0.1, 0.15) is 6.42 Å². The number of urea groups is 1. The van der Waals surface area contributed by atoms with Crippen LogP contribution in [0.4, 0.5) is 4.79 Å². The van der Waals surface area contributed by atoms with Crippen LogP contribution in [0.3, 0.4) is 0 Å². The van der Waals surface area contributed by atoms with Gasteiger partial charge >= 0.3 is 18.0 Å². The Morgan fingerprint density at radius 3 is 2.00 bits per heavy atom. The number of carboxylic acids is 2. The van der Waals surface area contributed by atoms with E-state index in [0.29, 0.717) is 0 Å². The van der Waals surface area contributed by atoms with Crippen LogP contribution in [0.2, 0.25) is 0 Å². The van der Waals surface area contributed by atoms with E-state index in [1.807, 2.05) is 0 Å². The fourth-order valence-electron chi connectivity index (χ4n) is 0.546. The summed E-state index contributed by atoms with van der Waals surface area (Å²) in [6.07, 6.45) is -0.696. The Morgan fingerprint density at radius 2 is 1.77 bits per heavy atom. The summed E-state index contributed by atoms with van der Waals surface area (Å²) in [5.74, 6) is -2.76. The van der Waals surface area contributed by atoms with Gasteiger partial charge in [-0.15, -0.1) is 0 Å². The molecule has 0 spiro atoms. The van der Waals surface area contributed by atoms with E-state index in [4.69, 9.17) is 10.2 Å². The Morgan fingerprint density at radius 1 is 1.31 bits per heavy atom. The van der Waals surface area contributed by atoms with Crippen molar-refractivity contribution in [1.29, 1.82) is 0 Å². The SMILES string of the molecule is NC(=O)N[C@H](CC(=O)O)C(=O)O.[Cu]. The van der Waals surface area contributed by atoms with Crippen molar-refractivity contribution in [3.63, 3.8) is 0 Å². The second kappa shape index (κ2) is 6.27. The molecule has 2 amide bonds. The van der Waals surface area contributed by atoms with Gasteiger partial charge in [-0.3, -0.25) is 4.79 Å². The van der Waals surface area contributed by atoms with Crippen LogP contribution in [-0.4, -0.2) is 34.2 Å². The molecular weight excluding hydrogens is 232 g/mol. The van der Waals surface area contributed by atoms with E-state index in [0.717, 1.165) is 0 Å². The monoisotopic (exact) mass is 239 g/mol. The quantitative estimate of drug-likeness (QED) is 0.448. The van der Waals surface area contributed by atoms with Gasteiger partial charge in [0.05, 0.1) is 6.42 Å². The smallest absolute Gasteiger partial charge is 0.326 e. The van der Waals surface area contributed by atoms with Gasteiger partial charge in [0.15, 0.2) is 0 Å². The summed E-state index contributed by atoms with van der Waals surface area (Å²) < 4.78 is 0. The molecule has 0 aliphatic heterocycles. The van der Waals surface area contributed by atoms with E-state index < -0.39 is 30.4 Å². The molecule has 0 unspecified atom stereocenters. The number of nitrogens with one attached hydrogen (secondary N) is 1. The molecule has 0 bridgehead atoms. The van der Waals surface area contributed by atoms with Gasteiger partial charge < -0.3 is 21.3 Å². The molecule has 0 rings (SSSR count). The number of nitrogens with two attached hydrogens (primary N) is 1. The third kappa shape index (κ3) is 7.10. The normalized spacial score (nSPS) is 10.8. The van der Waals surface area contributed by atoms with Crippen LogP contribution in [-0.2, 0) is 26.7 Å². The van der Waals surface area contributed by atoms with Crippen LogP contribution in [0.25, 0.3) is 0 Å². The van der Waals surface area contributed by atoms with Crippen molar-refractivity contribution in [3.8, 4) is 0 Å². The predicted molar refractivity (Wildman–Crippen MR) is 36.4 cm³/mol.